The van der Waals surface area contributed by atoms with Crippen LogP contribution >= 0.6 is 0 Å². The van der Waals surface area contributed by atoms with Gasteiger partial charge in [0.05, 0.1) is 26.2 Å². The Morgan fingerprint density at radius 3 is 2.57 bits per heavy atom. The number of amides is 1. The maximum absolute atomic E-state index is 11.1. The highest BCUT2D eigenvalue weighted by Crippen LogP contribution is 2.18. The number of piperidine rings is 1. The number of carbonyl (C=O) groups is 1. The fraction of sp³-hybridized carbons (Fsp3) is 0.875. The lowest BCUT2D eigenvalue weighted by molar-refractivity contribution is -0.861. The van der Waals surface area contributed by atoms with Gasteiger partial charge in [-0.25, -0.2) is 4.48 Å². The van der Waals surface area contributed by atoms with E-state index in [1.807, 2.05) is 0 Å². The Bertz CT molecular complexity index is 254. The molecule has 0 aromatic carbocycles. The minimum Gasteiger partial charge on any atom is -0.435 e. The number of rotatable bonds is 3. The van der Waals surface area contributed by atoms with E-state index in [-0.39, 0.29) is 11.0 Å². The lowest BCUT2D eigenvalue weighted by atomic mass is 10.1. The Hall–Kier alpha value is -1.26. The van der Waals surface area contributed by atoms with E-state index in [0.717, 1.165) is 19.3 Å². The van der Waals surface area contributed by atoms with Gasteiger partial charge in [-0.2, -0.15) is 4.79 Å². The summed E-state index contributed by atoms with van der Waals surface area (Å²) in [5.41, 5.74) is 8.12. The second-order valence-corrected chi connectivity index (χ2v) is 3.61. The van der Waals surface area contributed by atoms with Gasteiger partial charge in [0.2, 0.25) is 0 Å². The predicted molar refractivity (Wildman–Crippen MR) is 50.8 cm³/mol. The van der Waals surface area contributed by atoms with E-state index in [2.05, 4.69) is 10.0 Å². The first kappa shape index (κ1) is 10.8. The molecule has 78 valence electrons. The van der Waals surface area contributed by atoms with E-state index in [0.29, 0.717) is 19.6 Å². The third-order valence-corrected chi connectivity index (χ3v) is 2.77. The van der Waals surface area contributed by atoms with E-state index >= 15 is 0 Å². The third-order valence-electron chi connectivity index (χ3n) is 2.77. The van der Waals surface area contributed by atoms with Gasteiger partial charge >= 0.3 is 6.09 Å². The van der Waals surface area contributed by atoms with Crippen LogP contribution in [0.4, 0.5) is 4.79 Å². The Balaban J connectivity index is 2.60. The highest BCUT2D eigenvalue weighted by atomic mass is 16.4. The zero-order valence-electron chi connectivity index (χ0n) is 8.09. The molecule has 6 nitrogen and oxygen atoms in total. The molecule has 1 saturated heterocycles. The molecule has 1 amide bonds. The Morgan fingerprint density at radius 1 is 1.43 bits per heavy atom. The Labute approximate surface area is 82.3 Å². The number of carboxylic acid groups (broad SMARTS) is 1. The molecule has 6 heteroatoms. The van der Waals surface area contributed by atoms with Gasteiger partial charge in [-0.3, -0.25) is 0 Å². The molecule has 0 saturated carbocycles. The second kappa shape index (κ2) is 4.83. The minimum absolute atomic E-state index is 0.0685. The monoisotopic (exact) mass is 199 g/mol. The Morgan fingerprint density at radius 2 is 2.07 bits per heavy atom. The van der Waals surface area contributed by atoms with Crippen LogP contribution in [-0.4, -0.2) is 41.9 Å². The molecule has 0 radical (unpaired) electrons. The lowest BCUT2D eigenvalue weighted by Gasteiger charge is -2.35. The fourth-order valence-electron chi connectivity index (χ4n) is 1.91. The van der Waals surface area contributed by atoms with Crippen molar-refractivity contribution >= 4 is 6.09 Å². The molecule has 1 aliphatic rings. The van der Waals surface area contributed by atoms with Crippen LogP contribution in [0.5, 0.6) is 0 Å². The molecule has 0 atom stereocenters. The zero-order chi connectivity index (χ0) is 10.4. The number of quaternary nitrogens is 1. The SMILES string of the molecule is [N-]=[N+]=NCC[N+]1(C(=O)O)CCCCC1. The van der Waals surface area contributed by atoms with Gasteiger partial charge in [0.1, 0.15) is 0 Å². The van der Waals surface area contributed by atoms with Gasteiger partial charge < -0.3 is 5.11 Å². The van der Waals surface area contributed by atoms with Gasteiger partial charge in [0.25, 0.3) is 0 Å². The molecule has 0 unspecified atom stereocenters. The Kier molecular flexibility index (Phi) is 3.73. The van der Waals surface area contributed by atoms with Crippen LogP contribution in [-0.2, 0) is 0 Å². The van der Waals surface area contributed by atoms with Crippen LogP contribution in [0.15, 0.2) is 5.11 Å². The van der Waals surface area contributed by atoms with Crippen molar-refractivity contribution < 1.29 is 14.4 Å². The molecular weight excluding hydrogens is 184 g/mol. The highest BCUT2D eigenvalue weighted by molar-refractivity contribution is 5.56. The molecule has 1 fully saturated rings. The van der Waals surface area contributed by atoms with Gasteiger partial charge in [-0.15, -0.1) is 0 Å². The van der Waals surface area contributed by atoms with Crippen molar-refractivity contribution in [3.05, 3.63) is 10.4 Å². The first-order valence-electron chi connectivity index (χ1n) is 4.82. The van der Waals surface area contributed by atoms with Crippen molar-refractivity contribution in [1.82, 2.24) is 0 Å². The first-order chi connectivity index (χ1) is 6.71. The van der Waals surface area contributed by atoms with Crippen LogP contribution in [0, 0.1) is 0 Å². The minimum atomic E-state index is -0.794. The van der Waals surface area contributed by atoms with Crippen LogP contribution in [0.2, 0.25) is 0 Å². The summed E-state index contributed by atoms with van der Waals surface area (Å²) in [5, 5.41) is 12.5. The molecule has 1 N–H and O–H groups in total. The molecule has 0 aromatic rings. The summed E-state index contributed by atoms with van der Waals surface area (Å²) in [7, 11) is 0. The average Bonchev–Trinajstić information content (AvgIpc) is 2.19. The summed E-state index contributed by atoms with van der Waals surface area (Å²) in [6, 6.07) is 0. The molecule has 1 heterocycles. The van der Waals surface area contributed by atoms with Gasteiger partial charge in [-0.05, 0) is 24.8 Å². The van der Waals surface area contributed by atoms with Crippen LogP contribution < -0.4 is 0 Å². The standard InChI is InChI=1S/C8H14N4O2/c9-11-10-4-7-12(8(13)14)5-2-1-3-6-12/h1-7H2/p+1. The number of hydrogen-bond donors (Lipinski definition) is 1. The molecule has 0 aromatic heterocycles. The molecule has 1 rings (SSSR count). The summed E-state index contributed by atoms with van der Waals surface area (Å²) in [4.78, 5) is 13.7. The average molecular weight is 199 g/mol. The van der Waals surface area contributed by atoms with E-state index < -0.39 is 6.09 Å². The third kappa shape index (κ3) is 2.37. The molecule has 0 aliphatic carbocycles. The van der Waals surface area contributed by atoms with Crippen LogP contribution in [0.3, 0.4) is 0 Å². The number of nitrogens with zero attached hydrogens (tertiary/aromatic N) is 4. The van der Waals surface area contributed by atoms with Crippen molar-refractivity contribution in [2.24, 2.45) is 5.11 Å². The van der Waals surface area contributed by atoms with E-state index in [1.54, 1.807) is 0 Å². The lowest BCUT2D eigenvalue weighted by Crippen LogP contribution is -2.56. The van der Waals surface area contributed by atoms with Gasteiger partial charge in [0, 0.05) is 4.91 Å². The van der Waals surface area contributed by atoms with Crippen molar-refractivity contribution in [3.8, 4) is 0 Å². The van der Waals surface area contributed by atoms with E-state index in [1.165, 1.54) is 0 Å². The van der Waals surface area contributed by atoms with Crippen molar-refractivity contribution in [1.29, 1.82) is 0 Å². The highest BCUT2D eigenvalue weighted by Gasteiger charge is 2.37. The number of likely N-dealkylation sites (tertiary alicyclic amines) is 1. The number of hydrogen-bond acceptors (Lipinski definition) is 2. The largest absolute Gasteiger partial charge is 0.513 e. The predicted octanol–water partition coefficient (Wildman–Crippen LogP) is 1.98. The van der Waals surface area contributed by atoms with Gasteiger partial charge in [0.15, 0.2) is 0 Å². The quantitative estimate of drug-likeness (QED) is 0.326. The summed E-state index contributed by atoms with van der Waals surface area (Å²) in [6.07, 6.45) is 2.21. The molecule has 14 heavy (non-hydrogen) atoms. The summed E-state index contributed by atoms with van der Waals surface area (Å²) in [5.74, 6) is 0. The maximum atomic E-state index is 11.1. The fourth-order valence-corrected chi connectivity index (χ4v) is 1.91. The normalized spacial score (nSPS) is 19.7. The van der Waals surface area contributed by atoms with Crippen molar-refractivity contribution in [3.63, 3.8) is 0 Å². The molecular formula is C8H15N4O2+. The van der Waals surface area contributed by atoms with E-state index in [9.17, 15) is 4.79 Å². The van der Waals surface area contributed by atoms with E-state index in [4.69, 9.17) is 10.6 Å². The summed E-state index contributed by atoms with van der Waals surface area (Å²) >= 11 is 0. The van der Waals surface area contributed by atoms with Crippen molar-refractivity contribution in [2.75, 3.05) is 26.2 Å². The maximum Gasteiger partial charge on any atom is 0.513 e. The number of azide groups is 1. The van der Waals surface area contributed by atoms with Gasteiger partial charge in [-0.1, -0.05) is 5.11 Å². The van der Waals surface area contributed by atoms with Crippen LogP contribution in [0.1, 0.15) is 19.3 Å². The first-order valence-corrected chi connectivity index (χ1v) is 4.82. The summed E-state index contributed by atoms with van der Waals surface area (Å²) < 4.78 is 0.0685. The smallest absolute Gasteiger partial charge is 0.435 e. The molecule has 1 aliphatic heterocycles. The van der Waals surface area contributed by atoms with Crippen molar-refractivity contribution in [2.45, 2.75) is 19.3 Å². The molecule has 0 bridgehead atoms. The molecule has 0 spiro atoms. The zero-order valence-corrected chi connectivity index (χ0v) is 8.09. The topological polar surface area (TPSA) is 86.1 Å². The second-order valence-electron chi connectivity index (χ2n) is 3.61. The van der Waals surface area contributed by atoms with Crippen LogP contribution in [0.25, 0.3) is 10.4 Å². The summed E-state index contributed by atoms with van der Waals surface area (Å²) in [6.45, 7) is 2.01.